The van der Waals surface area contributed by atoms with Gasteiger partial charge in [0, 0.05) is 18.7 Å². The number of hydrogen-bond acceptors (Lipinski definition) is 6. The molecule has 130 valence electrons. The Bertz CT molecular complexity index is 483. The van der Waals surface area contributed by atoms with E-state index in [-0.39, 0.29) is 5.91 Å². The van der Waals surface area contributed by atoms with Gasteiger partial charge in [-0.1, -0.05) is 41.8 Å². The van der Waals surface area contributed by atoms with E-state index in [1.54, 1.807) is 28.0 Å². The number of likely N-dealkylation sites (tertiary alicyclic amines) is 1. The van der Waals surface area contributed by atoms with Gasteiger partial charge in [-0.3, -0.25) is 4.79 Å². The average molecular weight is 376 g/mol. The molecule has 0 bridgehead atoms. The van der Waals surface area contributed by atoms with Crippen molar-refractivity contribution in [2.45, 2.75) is 53.7 Å². The summed E-state index contributed by atoms with van der Waals surface area (Å²) in [6, 6.07) is 0.806. The predicted octanol–water partition coefficient (Wildman–Crippen LogP) is 1.71. The Morgan fingerprint density at radius 3 is 2.87 bits per heavy atom. The van der Waals surface area contributed by atoms with Crippen LogP contribution in [0.5, 0.6) is 0 Å². The van der Waals surface area contributed by atoms with Gasteiger partial charge < -0.3 is 10.2 Å². The lowest BCUT2D eigenvalue weighted by molar-refractivity contribution is -0.911. The lowest BCUT2D eigenvalue weighted by atomic mass is 10.0. The Labute approximate surface area is 151 Å². The molecule has 8 heteroatoms. The van der Waals surface area contributed by atoms with Crippen LogP contribution in [0.2, 0.25) is 0 Å². The molecular weight excluding hydrogens is 348 g/mol. The van der Waals surface area contributed by atoms with Crippen LogP contribution < -0.4 is 10.2 Å². The maximum atomic E-state index is 11.6. The summed E-state index contributed by atoms with van der Waals surface area (Å²) in [4.78, 5) is 13.3. The Hall–Kier alpha value is -0.310. The molecule has 2 heterocycles. The molecule has 1 fully saturated rings. The van der Waals surface area contributed by atoms with Crippen LogP contribution in [0.15, 0.2) is 8.68 Å². The second kappa shape index (κ2) is 10.5. The SMILES string of the molecule is CCCNC(=O)CSc1nnc(SCC[C@@H]2CCCC[NH+]2C)s1. The van der Waals surface area contributed by atoms with Gasteiger partial charge in [0.1, 0.15) is 0 Å². The van der Waals surface area contributed by atoms with Crippen LogP contribution in [0.25, 0.3) is 0 Å². The van der Waals surface area contributed by atoms with Crippen LogP contribution in [-0.4, -0.2) is 53.8 Å². The van der Waals surface area contributed by atoms with Crippen molar-refractivity contribution in [1.29, 1.82) is 0 Å². The van der Waals surface area contributed by atoms with E-state index in [1.165, 1.54) is 44.0 Å². The van der Waals surface area contributed by atoms with Crippen molar-refractivity contribution in [3.8, 4) is 0 Å². The Kier molecular flexibility index (Phi) is 8.71. The van der Waals surface area contributed by atoms with E-state index in [1.807, 2.05) is 6.92 Å². The van der Waals surface area contributed by atoms with Gasteiger partial charge in [-0.25, -0.2) is 0 Å². The maximum Gasteiger partial charge on any atom is 0.230 e. The van der Waals surface area contributed by atoms with Crippen LogP contribution >= 0.6 is 34.9 Å². The van der Waals surface area contributed by atoms with Crippen molar-refractivity contribution in [3.05, 3.63) is 0 Å². The fourth-order valence-corrected chi connectivity index (χ4v) is 5.65. The zero-order valence-corrected chi connectivity index (χ0v) is 16.4. The zero-order chi connectivity index (χ0) is 16.5. The first-order chi connectivity index (χ1) is 11.2. The fraction of sp³-hybridized carbons (Fsp3) is 0.800. The van der Waals surface area contributed by atoms with E-state index in [2.05, 4.69) is 22.6 Å². The topological polar surface area (TPSA) is 59.3 Å². The van der Waals surface area contributed by atoms with E-state index in [4.69, 9.17) is 0 Å². The minimum absolute atomic E-state index is 0.0737. The van der Waals surface area contributed by atoms with E-state index in [9.17, 15) is 4.79 Å². The minimum Gasteiger partial charge on any atom is -0.355 e. The molecule has 23 heavy (non-hydrogen) atoms. The normalized spacial score (nSPS) is 21.3. The molecule has 1 amide bonds. The molecule has 5 nitrogen and oxygen atoms in total. The van der Waals surface area contributed by atoms with E-state index in [0.717, 1.165) is 33.4 Å². The third-order valence-electron chi connectivity index (χ3n) is 4.05. The van der Waals surface area contributed by atoms with Gasteiger partial charge in [-0.05, 0) is 25.7 Å². The van der Waals surface area contributed by atoms with Crippen LogP contribution in [0.1, 0.15) is 39.0 Å². The van der Waals surface area contributed by atoms with E-state index >= 15 is 0 Å². The lowest BCUT2D eigenvalue weighted by Crippen LogP contribution is -3.13. The molecule has 0 radical (unpaired) electrons. The second-order valence-electron chi connectivity index (χ2n) is 5.90. The number of hydrogen-bond donors (Lipinski definition) is 2. The molecule has 0 saturated carbocycles. The number of carbonyl (C=O) groups excluding carboxylic acids is 1. The first kappa shape index (κ1) is 19.0. The molecule has 2 atom stereocenters. The van der Waals surface area contributed by atoms with Gasteiger partial charge in [0.2, 0.25) is 5.91 Å². The highest BCUT2D eigenvalue weighted by Crippen LogP contribution is 2.29. The van der Waals surface area contributed by atoms with Gasteiger partial charge in [0.15, 0.2) is 8.68 Å². The summed E-state index contributed by atoms with van der Waals surface area (Å²) in [6.07, 6.45) is 6.33. The van der Waals surface area contributed by atoms with Crippen molar-refractivity contribution in [2.75, 3.05) is 31.6 Å². The molecule has 2 N–H and O–H groups in total. The smallest absolute Gasteiger partial charge is 0.230 e. The average Bonchev–Trinajstić information content (AvgIpc) is 3.00. The number of aromatic nitrogens is 2. The Morgan fingerprint density at radius 2 is 2.13 bits per heavy atom. The van der Waals surface area contributed by atoms with Crippen LogP contribution in [-0.2, 0) is 4.79 Å². The summed E-state index contributed by atoms with van der Waals surface area (Å²) in [5.41, 5.74) is 0. The highest BCUT2D eigenvalue weighted by Gasteiger charge is 2.22. The Morgan fingerprint density at radius 1 is 1.35 bits per heavy atom. The number of nitrogens with one attached hydrogen (secondary N) is 2. The second-order valence-corrected chi connectivity index (χ2v) is 9.44. The van der Waals surface area contributed by atoms with E-state index in [0.29, 0.717) is 5.75 Å². The first-order valence-corrected chi connectivity index (χ1v) is 11.2. The molecule has 0 aliphatic carbocycles. The third kappa shape index (κ3) is 6.99. The van der Waals surface area contributed by atoms with Crippen LogP contribution in [0, 0.1) is 0 Å². The number of thioether (sulfide) groups is 2. The van der Waals surface area contributed by atoms with Gasteiger partial charge >= 0.3 is 0 Å². The van der Waals surface area contributed by atoms with Gasteiger partial charge in [-0.15, -0.1) is 10.2 Å². The van der Waals surface area contributed by atoms with Crippen molar-refractivity contribution in [1.82, 2.24) is 15.5 Å². The third-order valence-corrected chi connectivity index (χ3v) is 7.27. The molecule has 1 saturated heterocycles. The molecular formula is C15H27N4OS3+. The summed E-state index contributed by atoms with van der Waals surface area (Å²) < 4.78 is 1.91. The summed E-state index contributed by atoms with van der Waals surface area (Å²) in [7, 11) is 2.32. The predicted molar refractivity (Wildman–Crippen MR) is 98.7 cm³/mol. The number of piperidine rings is 1. The monoisotopic (exact) mass is 375 g/mol. The number of nitrogens with zero attached hydrogens (tertiary/aromatic N) is 2. The Balaban J connectivity index is 1.65. The highest BCUT2D eigenvalue weighted by molar-refractivity contribution is 8.03. The standard InChI is InChI=1S/C15H26N4OS3/c1-3-8-16-13(20)11-22-15-18-17-14(23-15)21-10-7-12-6-4-5-9-19(12)2/h12H,3-11H2,1-2H3,(H,16,20)/p+1/t12-/m0/s1. The quantitative estimate of drug-likeness (QED) is 0.644. The number of rotatable bonds is 9. The maximum absolute atomic E-state index is 11.6. The number of carbonyl (C=O) groups is 1. The summed E-state index contributed by atoms with van der Waals surface area (Å²) in [5.74, 6) is 1.61. The molecule has 1 aliphatic rings. The van der Waals surface area contributed by atoms with Crippen LogP contribution in [0.4, 0.5) is 0 Å². The summed E-state index contributed by atoms with van der Waals surface area (Å²) >= 11 is 4.88. The van der Waals surface area contributed by atoms with Crippen molar-refractivity contribution < 1.29 is 9.69 Å². The number of quaternary nitrogens is 1. The molecule has 1 aromatic heterocycles. The minimum atomic E-state index is 0.0737. The first-order valence-electron chi connectivity index (χ1n) is 8.37. The van der Waals surface area contributed by atoms with E-state index < -0.39 is 0 Å². The summed E-state index contributed by atoms with van der Waals surface area (Å²) in [6.45, 7) is 4.11. The highest BCUT2D eigenvalue weighted by atomic mass is 32.2. The zero-order valence-electron chi connectivity index (χ0n) is 14.0. The molecule has 1 aliphatic heterocycles. The van der Waals surface area contributed by atoms with Gasteiger partial charge in [-0.2, -0.15) is 0 Å². The lowest BCUT2D eigenvalue weighted by Gasteiger charge is -2.29. The number of amides is 1. The van der Waals surface area contributed by atoms with Crippen LogP contribution in [0.3, 0.4) is 0 Å². The molecule has 2 rings (SSSR count). The molecule has 1 unspecified atom stereocenters. The largest absolute Gasteiger partial charge is 0.355 e. The molecule has 0 aromatic carbocycles. The fourth-order valence-electron chi connectivity index (χ4n) is 2.68. The van der Waals surface area contributed by atoms with Crippen molar-refractivity contribution in [2.24, 2.45) is 0 Å². The molecule has 1 aromatic rings. The van der Waals surface area contributed by atoms with Gasteiger partial charge in [0.25, 0.3) is 0 Å². The summed E-state index contributed by atoms with van der Waals surface area (Å²) in [5, 5.41) is 11.3. The van der Waals surface area contributed by atoms with Gasteiger partial charge in [0.05, 0.1) is 25.4 Å². The van der Waals surface area contributed by atoms with Crippen molar-refractivity contribution in [3.63, 3.8) is 0 Å². The molecule has 0 spiro atoms. The van der Waals surface area contributed by atoms with Crippen molar-refractivity contribution >= 4 is 40.8 Å².